The average molecular weight is 293 g/mol. The molecule has 0 aromatic heterocycles. The van der Waals surface area contributed by atoms with Gasteiger partial charge in [0.25, 0.3) is 0 Å². The molecule has 2 unspecified atom stereocenters. The van der Waals surface area contributed by atoms with Crippen molar-refractivity contribution in [2.75, 3.05) is 17.6 Å². The van der Waals surface area contributed by atoms with Crippen molar-refractivity contribution in [1.82, 2.24) is 5.32 Å². The Bertz CT molecular complexity index is 444. The van der Waals surface area contributed by atoms with E-state index in [9.17, 15) is 4.79 Å². The lowest BCUT2D eigenvalue weighted by molar-refractivity contribution is 0.252. The standard InChI is InChI=1S/C15H23N3OS/c1-11(16)12-5-4-6-13(9-12)18-15(19)17-10-14-7-2-3-8-20-14/h4-6,9,11,14H,2-3,7-8,10,16H2,1H3,(H2,17,18,19). The van der Waals surface area contributed by atoms with E-state index in [1.165, 1.54) is 25.0 Å². The van der Waals surface area contributed by atoms with Crippen LogP contribution in [0.25, 0.3) is 0 Å². The zero-order valence-electron chi connectivity index (χ0n) is 11.9. The third kappa shape index (κ3) is 4.72. The second kappa shape index (κ2) is 7.55. The number of carbonyl (C=O) groups is 1. The lowest BCUT2D eigenvalue weighted by Gasteiger charge is -2.21. The van der Waals surface area contributed by atoms with Crippen molar-refractivity contribution in [2.24, 2.45) is 5.73 Å². The predicted octanol–water partition coefficient (Wildman–Crippen LogP) is 3.11. The van der Waals surface area contributed by atoms with E-state index in [-0.39, 0.29) is 12.1 Å². The molecule has 0 spiro atoms. The topological polar surface area (TPSA) is 67.1 Å². The predicted molar refractivity (Wildman–Crippen MR) is 86.2 cm³/mol. The quantitative estimate of drug-likeness (QED) is 0.799. The lowest BCUT2D eigenvalue weighted by atomic mass is 10.1. The summed E-state index contributed by atoms with van der Waals surface area (Å²) in [4.78, 5) is 11.9. The van der Waals surface area contributed by atoms with Crippen molar-refractivity contribution in [3.05, 3.63) is 29.8 Å². The highest BCUT2D eigenvalue weighted by Gasteiger charge is 2.14. The normalized spacial score (nSPS) is 20.2. The molecule has 5 heteroatoms. The highest BCUT2D eigenvalue weighted by atomic mass is 32.2. The van der Waals surface area contributed by atoms with Gasteiger partial charge in [-0.05, 0) is 43.2 Å². The van der Waals surface area contributed by atoms with Gasteiger partial charge in [-0.2, -0.15) is 11.8 Å². The molecule has 1 aliphatic heterocycles. The van der Waals surface area contributed by atoms with Gasteiger partial charge in [-0.1, -0.05) is 18.6 Å². The summed E-state index contributed by atoms with van der Waals surface area (Å²) in [5.74, 6) is 1.21. The Morgan fingerprint density at radius 1 is 1.50 bits per heavy atom. The summed E-state index contributed by atoms with van der Waals surface area (Å²) in [6.07, 6.45) is 3.78. The van der Waals surface area contributed by atoms with Crippen LogP contribution in [-0.2, 0) is 0 Å². The van der Waals surface area contributed by atoms with Crippen LogP contribution in [0.4, 0.5) is 10.5 Å². The number of carbonyl (C=O) groups excluding carboxylic acids is 1. The molecule has 0 bridgehead atoms. The van der Waals surface area contributed by atoms with Crippen molar-refractivity contribution >= 4 is 23.5 Å². The van der Waals surface area contributed by atoms with Crippen LogP contribution in [0.2, 0.25) is 0 Å². The molecule has 1 fully saturated rings. The van der Waals surface area contributed by atoms with Gasteiger partial charge in [0.1, 0.15) is 0 Å². The van der Waals surface area contributed by atoms with Crippen molar-refractivity contribution < 1.29 is 4.79 Å². The van der Waals surface area contributed by atoms with Gasteiger partial charge < -0.3 is 16.4 Å². The van der Waals surface area contributed by atoms with Crippen LogP contribution in [0.3, 0.4) is 0 Å². The van der Waals surface area contributed by atoms with Crippen molar-refractivity contribution in [3.63, 3.8) is 0 Å². The fourth-order valence-electron chi connectivity index (χ4n) is 2.25. The summed E-state index contributed by atoms with van der Waals surface area (Å²) >= 11 is 1.96. The first-order valence-corrected chi connectivity index (χ1v) is 8.22. The number of rotatable bonds is 4. The van der Waals surface area contributed by atoms with E-state index in [0.29, 0.717) is 5.25 Å². The van der Waals surface area contributed by atoms with Crippen LogP contribution < -0.4 is 16.4 Å². The zero-order chi connectivity index (χ0) is 14.4. The number of amides is 2. The minimum atomic E-state index is -0.141. The first-order chi connectivity index (χ1) is 9.65. The maximum Gasteiger partial charge on any atom is 0.319 e. The van der Waals surface area contributed by atoms with Gasteiger partial charge in [-0.3, -0.25) is 0 Å². The van der Waals surface area contributed by atoms with Gasteiger partial charge in [0.15, 0.2) is 0 Å². The zero-order valence-corrected chi connectivity index (χ0v) is 12.7. The van der Waals surface area contributed by atoms with Crippen LogP contribution in [-0.4, -0.2) is 23.6 Å². The molecule has 20 heavy (non-hydrogen) atoms. The summed E-state index contributed by atoms with van der Waals surface area (Å²) in [6, 6.07) is 7.49. The van der Waals surface area contributed by atoms with Crippen molar-refractivity contribution in [1.29, 1.82) is 0 Å². The number of hydrogen-bond acceptors (Lipinski definition) is 3. The second-order valence-electron chi connectivity index (χ2n) is 5.24. The molecule has 110 valence electrons. The number of nitrogens with one attached hydrogen (secondary N) is 2. The third-order valence-corrected chi connectivity index (χ3v) is 4.83. The number of nitrogens with two attached hydrogens (primary N) is 1. The maximum atomic E-state index is 11.9. The molecule has 2 rings (SSSR count). The summed E-state index contributed by atoms with van der Waals surface area (Å²) in [6.45, 7) is 2.67. The molecule has 1 heterocycles. The molecular formula is C15H23N3OS. The minimum absolute atomic E-state index is 0.0292. The fourth-order valence-corrected chi connectivity index (χ4v) is 3.49. The Kier molecular flexibility index (Phi) is 5.73. The van der Waals surface area contributed by atoms with E-state index < -0.39 is 0 Å². The lowest BCUT2D eigenvalue weighted by Crippen LogP contribution is -2.35. The SMILES string of the molecule is CC(N)c1cccc(NC(=O)NCC2CCCCS2)c1. The van der Waals surface area contributed by atoms with Crippen molar-refractivity contribution in [2.45, 2.75) is 37.5 Å². The Hall–Kier alpha value is -1.20. The summed E-state index contributed by atoms with van der Waals surface area (Å²) in [7, 11) is 0. The Morgan fingerprint density at radius 2 is 2.35 bits per heavy atom. The molecule has 2 amide bonds. The van der Waals surface area contributed by atoms with Crippen LogP contribution in [0.5, 0.6) is 0 Å². The molecule has 1 aliphatic rings. The molecule has 1 aromatic rings. The van der Waals surface area contributed by atoms with E-state index >= 15 is 0 Å². The van der Waals surface area contributed by atoms with Gasteiger partial charge in [0.2, 0.25) is 0 Å². The molecule has 0 aliphatic carbocycles. The van der Waals surface area contributed by atoms with Crippen molar-refractivity contribution in [3.8, 4) is 0 Å². The van der Waals surface area contributed by atoms with Gasteiger partial charge in [-0.15, -0.1) is 0 Å². The van der Waals surface area contributed by atoms with Crippen LogP contribution in [0.1, 0.15) is 37.8 Å². The highest BCUT2D eigenvalue weighted by molar-refractivity contribution is 7.99. The summed E-state index contributed by atoms with van der Waals surface area (Å²) in [5.41, 5.74) is 7.64. The van der Waals surface area contributed by atoms with Gasteiger partial charge in [-0.25, -0.2) is 4.79 Å². The summed E-state index contributed by atoms with van der Waals surface area (Å²) in [5, 5.41) is 6.37. The van der Waals surface area contributed by atoms with Gasteiger partial charge >= 0.3 is 6.03 Å². The molecule has 0 radical (unpaired) electrons. The largest absolute Gasteiger partial charge is 0.337 e. The van der Waals surface area contributed by atoms with E-state index in [1.807, 2.05) is 43.0 Å². The molecular weight excluding hydrogens is 270 g/mol. The Labute approximate surface area is 124 Å². The number of hydrogen-bond donors (Lipinski definition) is 3. The van der Waals surface area contributed by atoms with E-state index in [0.717, 1.165) is 17.8 Å². The fraction of sp³-hybridized carbons (Fsp3) is 0.533. The molecule has 4 N–H and O–H groups in total. The number of anilines is 1. The number of urea groups is 1. The minimum Gasteiger partial charge on any atom is -0.337 e. The summed E-state index contributed by atoms with van der Waals surface area (Å²) < 4.78 is 0. The first kappa shape index (κ1) is 15.2. The molecule has 0 saturated carbocycles. The van der Waals surface area contributed by atoms with E-state index in [4.69, 9.17) is 5.73 Å². The number of thioether (sulfide) groups is 1. The molecule has 1 aromatic carbocycles. The number of benzene rings is 1. The Balaban J connectivity index is 1.80. The Morgan fingerprint density at radius 3 is 3.05 bits per heavy atom. The highest BCUT2D eigenvalue weighted by Crippen LogP contribution is 2.24. The van der Waals surface area contributed by atoms with E-state index in [1.54, 1.807) is 0 Å². The smallest absolute Gasteiger partial charge is 0.319 e. The third-order valence-electron chi connectivity index (χ3n) is 3.43. The van der Waals surface area contributed by atoms with Crippen LogP contribution in [0.15, 0.2) is 24.3 Å². The van der Waals surface area contributed by atoms with Gasteiger partial charge in [0.05, 0.1) is 0 Å². The second-order valence-corrected chi connectivity index (χ2v) is 6.65. The maximum absolute atomic E-state index is 11.9. The molecule has 1 saturated heterocycles. The monoisotopic (exact) mass is 293 g/mol. The van der Waals surface area contributed by atoms with E-state index in [2.05, 4.69) is 10.6 Å². The molecule has 4 nitrogen and oxygen atoms in total. The van der Waals surface area contributed by atoms with Crippen LogP contribution in [0, 0.1) is 0 Å². The van der Waals surface area contributed by atoms with Gasteiger partial charge in [0, 0.05) is 23.5 Å². The molecule has 2 atom stereocenters. The average Bonchev–Trinajstić information content (AvgIpc) is 2.46. The van der Waals surface area contributed by atoms with Crippen LogP contribution >= 0.6 is 11.8 Å². The first-order valence-electron chi connectivity index (χ1n) is 7.17.